The van der Waals surface area contributed by atoms with Crippen molar-refractivity contribution in [3.05, 3.63) is 67.3 Å². The van der Waals surface area contributed by atoms with Crippen molar-refractivity contribution in [3.8, 4) is 0 Å². The Kier molecular flexibility index (Phi) is 5.60. The van der Waals surface area contributed by atoms with Gasteiger partial charge in [-0.05, 0) is 72.8 Å². The summed E-state index contributed by atoms with van der Waals surface area (Å²) in [6.45, 7) is 1.49. The molecule has 0 spiro atoms. The molecule has 3 aromatic rings. The van der Waals surface area contributed by atoms with Crippen molar-refractivity contribution in [3.63, 3.8) is 0 Å². The van der Waals surface area contributed by atoms with Crippen LogP contribution in [0.5, 0.6) is 0 Å². The fourth-order valence-corrected chi connectivity index (χ4v) is 4.99. The number of aromatic nitrogens is 4. The fraction of sp³-hybridized carbons (Fsp3) is 0.409. The Morgan fingerprint density at radius 3 is 2.72 bits per heavy atom. The minimum atomic E-state index is -0.423. The molecule has 0 bridgehead atoms. The standard InChI is InChI=1S/C22H24N6O3S/c29-20-11-19(23-17-5-4-15-2-1-3-16(15)10-17)24-22(31)28(20)12-14-6-8-27(9-7-14)21(30)18-13-32-26-25-18/h4-5,10-11,13-14,23H,1-3,6-9,12H2,(H,24,31). The van der Waals surface area contributed by atoms with Crippen molar-refractivity contribution in [2.75, 3.05) is 18.4 Å². The van der Waals surface area contributed by atoms with E-state index in [4.69, 9.17) is 0 Å². The second kappa shape index (κ2) is 8.70. The normalized spacial score (nSPS) is 16.2. The number of nitrogens with one attached hydrogen (secondary N) is 2. The first-order valence-corrected chi connectivity index (χ1v) is 11.7. The molecule has 2 aromatic heterocycles. The van der Waals surface area contributed by atoms with Gasteiger partial charge in [0, 0.05) is 36.8 Å². The summed E-state index contributed by atoms with van der Waals surface area (Å²) in [6, 6.07) is 7.60. The average molecular weight is 453 g/mol. The van der Waals surface area contributed by atoms with Crippen LogP contribution in [0.4, 0.5) is 11.5 Å². The third kappa shape index (κ3) is 4.22. The Bertz CT molecular complexity index is 1210. The highest BCUT2D eigenvalue weighted by Crippen LogP contribution is 2.26. The monoisotopic (exact) mass is 452 g/mol. The van der Waals surface area contributed by atoms with Gasteiger partial charge in [-0.3, -0.25) is 19.1 Å². The zero-order valence-electron chi connectivity index (χ0n) is 17.5. The molecule has 166 valence electrons. The summed E-state index contributed by atoms with van der Waals surface area (Å²) in [5.41, 5.74) is 3.17. The smallest absolute Gasteiger partial charge is 0.329 e. The van der Waals surface area contributed by atoms with Gasteiger partial charge in [0.05, 0.1) is 0 Å². The van der Waals surface area contributed by atoms with E-state index >= 15 is 0 Å². The summed E-state index contributed by atoms with van der Waals surface area (Å²) < 4.78 is 4.99. The molecule has 0 atom stereocenters. The van der Waals surface area contributed by atoms with Crippen molar-refractivity contribution in [2.24, 2.45) is 5.92 Å². The Hall–Kier alpha value is -3.27. The Labute approximate surface area is 188 Å². The predicted molar refractivity (Wildman–Crippen MR) is 122 cm³/mol. The molecule has 1 aliphatic heterocycles. The molecule has 32 heavy (non-hydrogen) atoms. The van der Waals surface area contributed by atoms with E-state index in [0.29, 0.717) is 31.1 Å². The van der Waals surface area contributed by atoms with Crippen LogP contribution in [-0.4, -0.2) is 43.0 Å². The van der Waals surface area contributed by atoms with Gasteiger partial charge in [-0.25, -0.2) is 4.79 Å². The van der Waals surface area contributed by atoms with Gasteiger partial charge >= 0.3 is 5.69 Å². The van der Waals surface area contributed by atoms with Gasteiger partial charge in [0.15, 0.2) is 5.69 Å². The van der Waals surface area contributed by atoms with E-state index in [1.54, 1.807) is 10.3 Å². The number of carbonyl (C=O) groups is 1. The number of carbonyl (C=O) groups excluding carboxylic acids is 1. The predicted octanol–water partition coefficient (Wildman–Crippen LogP) is 2.17. The van der Waals surface area contributed by atoms with Crippen molar-refractivity contribution in [1.29, 1.82) is 0 Å². The summed E-state index contributed by atoms with van der Waals surface area (Å²) in [6.07, 6.45) is 4.79. The molecule has 5 rings (SSSR count). The molecule has 1 fully saturated rings. The number of nitrogens with zero attached hydrogens (tertiary/aromatic N) is 4. The highest BCUT2D eigenvalue weighted by atomic mass is 32.1. The van der Waals surface area contributed by atoms with Crippen LogP contribution < -0.4 is 16.6 Å². The van der Waals surface area contributed by atoms with E-state index in [1.807, 2.05) is 6.07 Å². The number of piperidine rings is 1. The molecule has 1 amide bonds. The summed E-state index contributed by atoms with van der Waals surface area (Å²) in [4.78, 5) is 42.2. The summed E-state index contributed by atoms with van der Waals surface area (Å²) in [5.74, 6) is 0.433. The number of fused-ring (bicyclic) bond motifs is 1. The number of benzene rings is 1. The van der Waals surface area contributed by atoms with Crippen LogP contribution >= 0.6 is 11.5 Å². The number of aryl methyl sites for hydroxylation is 2. The highest BCUT2D eigenvalue weighted by Gasteiger charge is 2.25. The quantitative estimate of drug-likeness (QED) is 0.614. The largest absolute Gasteiger partial charge is 0.342 e. The van der Waals surface area contributed by atoms with Crippen LogP contribution in [0.2, 0.25) is 0 Å². The van der Waals surface area contributed by atoms with Crippen molar-refractivity contribution in [1.82, 2.24) is 24.0 Å². The number of hydrogen-bond donors (Lipinski definition) is 2. The van der Waals surface area contributed by atoms with Crippen LogP contribution in [0.1, 0.15) is 40.9 Å². The molecule has 1 aromatic carbocycles. The Balaban J connectivity index is 1.23. The van der Waals surface area contributed by atoms with Gasteiger partial charge in [-0.2, -0.15) is 0 Å². The fourth-order valence-electron chi connectivity index (χ4n) is 4.56. The minimum absolute atomic E-state index is 0.116. The lowest BCUT2D eigenvalue weighted by atomic mass is 9.96. The first-order valence-electron chi connectivity index (χ1n) is 10.9. The molecular weight excluding hydrogens is 428 g/mol. The first kappa shape index (κ1) is 20.6. The summed E-state index contributed by atoms with van der Waals surface area (Å²) in [5, 5.41) is 8.64. The molecule has 0 saturated carbocycles. The van der Waals surface area contributed by atoms with Crippen molar-refractivity contribution >= 4 is 28.9 Å². The van der Waals surface area contributed by atoms with Gasteiger partial charge in [-0.1, -0.05) is 10.6 Å². The molecule has 2 N–H and O–H groups in total. The second-order valence-electron chi connectivity index (χ2n) is 8.42. The lowest BCUT2D eigenvalue weighted by molar-refractivity contribution is 0.0676. The Morgan fingerprint density at radius 2 is 1.97 bits per heavy atom. The molecule has 9 nitrogen and oxygen atoms in total. The van der Waals surface area contributed by atoms with E-state index in [2.05, 4.69) is 32.0 Å². The lowest BCUT2D eigenvalue weighted by Crippen LogP contribution is -2.42. The van der Waals surface area contributed by atoms with Crippen molar-refractivity contribution < 1.29 is 4.79 Å². The maximum atomic E-state index is 12.7. The molecular formula is C22H24N6O3S. The van der Waals surface area contributed by atoms with Gasteiger partial charge in [0.1, 0.15) is 5.82 Å². The van der Waals surface area contributed by atoms with E-state index < -0.39 is 5.69 Å². The zero-order valence-corrected chi connectivity index (χ0v) is 18.4. The summed E-state index contributed by atoms with van der Waals surface area (Å²) >= 11 is 1.15. The highest BCUT2D eigenvalue weighted by molar-refractivity contribution is 7.03. The molecule has 10 heteroatoms. The second-order valence-corrected chi connectivity index (χ2v) is 9.03. The summed E-state index contributed by atoms with van der Waals surface area (Å²) in [7, 11) is 0. The molecule has 0 radical (unpaired) electrons. The van der Waals surface area contributed by atoms with Crippen LogP contribution in [0, 0.1) is 5.92 Å². The zero-order chi connectivity index (χ0) is 22.1. The maximum absolute atomic E-state index is 12.7. The van der Waals surface area contributed by atoms with Gasteiger partial charge < -0.3 is 10.2 Å². The SMILES string of the molecule is O=C(c1csnn1)N1CCC(Cn2c(=O)cc(Nc3ccc4c(c3)CCC4)[nH]c2=O)CC1. The van der Waals surface area contributed by atoms with Crippen molar-refractivity contribution in [2.45, 2.75) is 38.6 Å². The van der Waals surface area contributed by atoms with E-state index in [9.17, 15) is 14.4 Å². The first-order chi connectivity index (χ1) is 15.6. The van der Waals surface area contributed by atoms with E-state index in [-0.39, 0.29) is 17.4 Å². The van der Waals surface area contributed by atoms with E-state index in [1.165, 1.54) is 28.2 Å². The molecule has 0 unspecified atom stereocenters. The topological polar surface area (TPSA) is 113 Å². The Morgan fingerprint density at radius 1 is 1.16 bits per heavy atom. The number of hydrogen-bond acceptors (Lipinski definition) is 7. The van der Waals surface area contributed by atoms with Gasteiger partial charge in [0.2, 0.25) is 0 Å². The molecule has 2 aliphatic rings. The van der Waals surface area contributed by atoms with Gasteiger partial charge in [-0.15, -0.1) is 5.10 Å². The molecule has 3 heterocycles. The number of likely N-dealkylation sites (tertiary alicyclic amines) is 1. The lowest BCUT2D eigenvalue weighted by Gasteiger charge is -2.31. The third-order valence-corrected chi connectivity index (χ3v) is 6.82. The van der Waals surface area contributed by atoms with Crippen LogP contribution in [0.15, 0.2) is 39.2 Å². The van der Waals surface area contributed by atoms with E-state index in [0.717, 1.165) is 42.9 Å². The number of amides is 1. The number of H-pyrrole nitrogens is 1. The van der Waals surface area contributed by atoms with Crippen LogP contribution in [-0.2, 0) is 19.4 Å². The average Bonchev–Trinajstić information content (AvgIpc) is 3.48. The number of aromatic amines is 1. The third-order valence-electron chi connectivity index (χ3n) is 6.32. The van der Waals surface area contributed by atoms with Gasteiger partial charge in [0.25, 0.3) is 11.5 Å². The number of anilines is 2. The van der Waals surface area contributed by atoms with Crippen LogP contribution in [0.25, 0.3) is 0 Å². The number of rotatable bonds is 5. The minimum Gasteiger partial charge on any atom is -0.342 e. The maximum Gasteiger partial charge on any atom is 0.329 e. The molecule has 1 saturated heterocycles. The molecule has 1 aliphatic carbocycles. The van der Waals surface area contributed by atoms with Crippen LogP contribution in [0.3, 0.4) is 0 Å².